The molecule has 0 unspecified atom stereocenters. The predicted molar refractivity (Wildman–Crippen MR) is 73.8 cm³/mol. The van der Waals surface area contributed by atoms with Crippen molar-refractivity contribution >= 4 is 5.78 Å². The Labute approximate surface area is 121 Å². The number of ketones is 1. The average molecular weight is 291 g/mol. The van der Waals surface area contributed by atoms with Crippen LogP contribution in [0.2, 0.25) is 0 Å². The van der Waals surface area contributed by atoms with E-state index >= 15 is 0 Å². The molecule has 0 amide bonds. The number of nitro groups is 1. The Hall–Kier alpha value is -1.95. The van der Waals surface area contributed by atoms with E-state index in [9.17, 15) is 20.0 Å². The highest BCUT2D eigenvalue weighted by Crippen LogP contribution is 2.51. The monoisotopic (exact) mass is 291 g/mol. The predicted octanol–water partition coefficient (Wildman–Crippen LogP) is 1.54. The fourth-order valence-electron chi connectivity index (χ4n) is 3.87. The Bertz CT molecular complexity index is 584. The fraction of sp³-hybridized carbons (Fsp3) is 0.533. The second-order valence-corrected chi connectivity index (χ2v) is 5.82. The van der Waals surface area contributed by atoms with E-state index in [1.54, 1.807) is 31.4 Å². The zero-order valence-electron chi connectivity index (χ0n) is 11.7. The van der Waals surface area contributed by atoms with Gasteiger partial charge in [-0.25, -0.2) is 0 Å². The summed E-state index contributed by atoms with van der Waals surface area (Å²) in [6.45, 7) is 0. The third-order valence-electron chi connectivity index (χ3n) is 4.83. The van der Waals surface area contributed by atoms with E-state index in [4.69, 9.17) is 4.74 Å². The summed E-state index contributed by atoms with van der Waals surface area (Å²) in [6, 6.07) is 5.69. The third-order valence-corrected chi connectivity index (χ3v) is 4.83. The molecule has 2 aliphatic carbocycles. The van der Waals surface area contributed by atoms with Crippen LogP contribution >= 0.6 is 0 Å². The summed E-state index contributed by atoms with van der Waals surface area (Å²) in [7, 11) is 1.55. The summed E-state index contributed by atoms with van der Waals surface area (Å²) in [5.41, 5.74) is -1.09. The molecule has 2 fully saturated rings. The highest BCUT2D eigenvalue weighted by molar-refractivity contribution is 5.94. The van der Waals surface area contributed by atoms with Gasteiger partial charge in [0.2, 0.25) is 0 Å². The van der Waals surface area contributed by atoms with Crippen LogP contribution in [0.1, 0.15) is 30.7 Å². The molecule has 0 spiro atoms. The number of aliphatic hydroxyl groups is 1. The Kier molecular flexibility index (Phi) is 3.20. The van der Waals surface area contributed by atoms with Gasteiger partial charge in [-0.2, -0.15) is 0 Å². The van der Waals surface area contributed by atoms with E-state index in [0.717, 1.165) is 0 Å². The number of Topliss-reactive ketones (excluding diaryl/α,β-unsaturated/α-hetero) is 1. The Morgan fingerprint density at radius 1 is 1.38 bits per heavy atom. The minimum Gasteiger partial charge on any atom is -0.497 e. The maximum Gasteiger partial charge on any atom is 0.255 e. The molecule has 1 aromatic rings. The van der Waals surface area contributed by atoms with E-state index in [1.807, 2.05) is 0 Å². The van der Waals surface area contributed by atoms with Crippen molar-refractivity contribution in [2.45, 2.75) is 36.8 Å². The van der Waals surface area contributed by atoms with Gasteiger partial charge in [0.15, 0.2) is 11.4 Å². The quantitative estimate of drug-likeness (QED) is 0.674. The summed E-state index contributed by atoms with van der Waals surface area (Å²) in [5.74, 6) is -0.739. The van der Waals surface area contributed by atoms with Gasteiger partial charge in [-0.1, -0.05) is 12.1 Å². The number of methoxy groups -OCH3 is 1. The van der Waals surface area contributed by atoms with Crippen LogP contribution < -0.4 is 4.74 Å². The standard InChI is InChI=1S/C15H17NO5/c1-21-10-6-4-9(5-7-10)12-11-3-2-8-15(18,14(11)17)13(12)16(19)20/h4-7,11-13,18H,2-3,8H2,1H3/t11-,12-,13-,15-/m1/s1. The second kappa shape index (κ2) is 4.80. The molecular formula is C15H17NO5. The maximum atomic E-state index is 12.4. The van der Waals surface area contributed by atoms with Gasteiger partial charge in [-0.05, 0) is 37.0 Å². The normalized spacial score (nSPS) is 34.8. The molecule has 0 heterocycles. The Balaban J connectivity index is 2.06. The molecule has 2 aliphatic rings. The van der Waals surface area contributed by atoms with Crippen LogP contribution in [-0.4, -0.2) is 34.6 Å². The van der Waals surface area contributed by atoms with Crippen molar-refractivity contribution in [2.75, 3.05) is 7.11 Å². The number of hydrogen-bond acceptors (Lipinski definition) is 5. The molecule has 4 atom stereocenters. The second-order valence-electron chi connectivity index (χ2n) is 5.82. The summed E-state index contributed by atoms with van der Waals surface area (Å²) >= 11 is 0. The molecule has 2 saturated carbocycles. The first-order valence-electron chi connectivity index (χ1n) is 7.03. The molecule has 6 heteroatoms. The molecule has 0 aromatic heterocycles. The number of carbonyl (C=O) groups is 1. The van der Waals surface area contributed by atoms with Gasteiger partial charge in [0, 0.05) is 10.8 Å². The van der Waals surface area contributed by atoms with Crippen molar-refractivity contribution in [3.8, 4) is 5.75 Å². The van der Waals surface area contributed by atoms with Crippen LogP contribution in [-0.2, 0) is 4.79 Å². The van der Waals surface area contributed by atoms with Crippen LogP contribution in [0.15, 0.2) is 24.3 Å². The zero-order valence-corrected chi connectivity index (χ0v) is 11.7. The fourth-order valence-corrected chi connectivity index (χ4v) is 3.87. The van der Waals surface area contributed by atoms with Gasteiger partial charge < -0.3 is 9.84 Å². The van der Waals surface area contributed by atoms with Crippen LogP contribution in [0, 0.1) is 16.0 Å². The lowest BCUT2D eigenvalue weighted by atomic mass is 9.82. The van der Waals surface area contributed by atoms with Gasteiger partial charge in [0.25, 0.3) is 6.04 Å². The maximum absolute atomic E-state index is 12.4. The molecule has 0 radical (unpaired) electrons. The molecular weight excluding hydrogens is 274 g/mol. The number of rotatable bonds is 3. The Morgan fingerprint density at radius 2 is 2.05 bits per heavy atom. The topological polar surface area (TPSA) is 89.7 Å². The van der Waals surface area contributed by atoms with Gasteiger partial charge in [0.1, 0.15) is 5.75 Å². The van der Waals surface area contributed by atoms with Crippen LogP contribution in [0.5, 0.6) is 5.75 Å². The van der Waals surface area contributed by atoms with Crippen molar-refractivity contribution in [3.05, 3.63) is 39.9 Å². The van der Waals surface area contributed by atoms with Gasteiger partial charge in [-0.15, -0.1) is 0 Å². The van der Waals surface area contributed by atoms with Crippen LogP contribution in [0.4, 0.5) is 0 Å². The molecule has 21 heavy (non-hydrogen) atoms. The average Bonchev–Trinajstić information content (AvgIpc) is 2.60. The zero-order chi connectivity index (χ0) is 15.2. The van der Waals surface area contributed by atoms with Gasteiger partial charge in [0.05, 0.1) is 13.0 Å². The SMILES string of the molecule is COc1ccc([C@@H]2[C@H]3CCC[C@](O)(C3=O)[C@@H]2[N+](=O)[O-])cc1. The van der Waals surface area contributed by atoms with E-state index in [0.29, 0.717) is 24.2 Å². The summed E-state index contributed by atoms with van der Waals surface area (Å²) in [4.78, 5) is 23.3. The smallest absolute Gasteiger partial charge is 0.255 e. The molecule has 6 nitrogen and oxygen atoms in total. The molecule has 0 saturated heterocycles. The molecule has 112 valence electrons. The first-order chi connectivity index (χ1) is 9.99. The van der Waals surface area contributed by atoms with E-state index in [2.05, 4.69) is 0 Å². The number of ether oxygens (including phenoxy) is 1. The van der Waals surface area contributed by atoms with Gasteiger partial charge >= 0.3 is 0 Å². The van der Waals surface area contributed by atoms with Crippen LogP contribution in [0.3, 0.4) is 0 Å². The molecule has 1 N–H and O–H groups in total. The Morgan fingerprint density at radius 3 is 2.62 bits per heavy atom. The lowest BCUT2D eigenvalue weighted by molar-refractivity contribution is -0.542. The van der Waals surface area contributed by atoms with Crippen molar-refractivity contribution in [1.29, 1.82) is 0 Å². The van der Waals surface area contributed by atoms with Gasteiger partial charge in [-0.3, -0.25) is 14.9 Å². The van der Waals surface area contributed by atoms with Crippen molar-refractivity contribution < 1.29 is 19.6 Å². The van der Waals surface area contributed by atoms with E-state index in [-0.39, 0.29) is 12.2 Å². The number of carbonyl (C=O) groups excluding carboxylic acids is 1. The number of hydrogen-bond donors (Lipinski definition) is 1. The summed E-state index contributed by atoms with van der Waals surface area (Å²) in [6.07, 6.45) is 1.42. The minimum atomic E-state index is -1.81. The molecule has 2 bridgehead atoms. The van der Waals surface area contributed by atoms with E-state index in [1.165, 1.54) is 0 Å². The largest absolute Gasteiger partial charge is 0.497 e. The van der Waals surface area contributed by atoms with Crippen LogP contribution in [0.25, 0.3) is 0 Å². The number of nitrogens with zero attached hydrogens (tertiary/aromatic N) is 1. The molecule has 0 aliphatic heterocycles. The number of benzene rings is 1. The summed E-state index contributed by atoms with van der Waals surface area (Å²) in [5, 5.41) is 22.0. The third kappa shape index (κ3) is 1.93. The number of fused-ring (bicyclic) bond motifs is 2. The van der Waals surface area contributed by atoms with Crippen molar-refractivity contribution in [1.82, 2.24) is 0 Å². The molecule has 3 rings (SSSR count). The van der Waals surface area contributed by atoms with Crippen molar-refractivity contribution in [2.24, 2.45) is 5.92 Å². The lowest BCUT2D eigenvalue weighted by Crippen LogP contribution is -2.49. The first-order valence-corrected chi connectivity index (χ1v) is 7.03. The van der Waals surface area contributed by atoms with E-state index < -0.39 is 28.4 Å². The highest BCUT2D eigenvalue weighted by Gasteiger charge is 2.67. The van der Waals surface area contributed by atoms with Crippen molar-refractivity contribution in [3.63, 3.8) is 0 Å². The highest BCUT2D eigenvalue weighted by atomic mass is 16.6. The first kappa shape index (κ1) is 14.0. The minimum absolute atomic E-state index is 0.181. The summed E-state index contributed by atoms with van der Waals surface area (Å²) < 4.78 is 5.08. The lowest BCUT2D eigenvalue weighted by Gasteiger charge is -2.25. The molecule has 1 aromatic carbocycles.